The van der Waals surface area contributed by atoms with E-state index in [1.54, 1.807) is 11.3 Å². The molecule has 18 heavy (non-hydrogen) atoms. The maximum atomic E-state index is 11.8. The highest BCUT2D eigenvalue weighted by atomic mass is 32.2. The van der Waals surface area contributed by atoms with Crippen molar-refractivity contribution in [1.29, 1.82) is 0 Å². The molecule has 0 radical (unpaired) electrons. The van der Waals surface area contributed by atoms with Crippen molar-refractivity contribution in [3.63, 3.8) is 0 Å². The van der Waals surface area contributed by atoms with Crippen LogP contribution in [-0.4, -0.2) is 26.8 Å². The lowest BCUT2D eigenvalue weighted by Gasteiger charge is -2.13. The molecule has 0 aromatic carbocycles. The summed E-state index contributed by atoms with van der Waals surface area (Å²) in [5, 5.41) is 0. The van der Waals surface area contributed by atoms with Gasteiger partial charge in [-0.1, -0.05) is 0 Å². The Morgan fingerprint density at radius 1 is 1.39 bits per heavy atom. The maximum Gasteiger partial charge on any atom is 0.211 e. The molecule has 0 aliphatic carbocycles. The molecule has 0 fully saturated rings. The first kappa shape index (κ1) is 15.6. The molecular formula is C12H22N2O2S2. The fraction of sp³-hybridized carbons (Fsp3) is 0.667. The molecule has 104 valence electrons. The van der Waals surface area contributed by atoms with Crippen molar-refractivity contribution in [2.24, 2.45) is 5.73 Å². The number of hydrogen-bond donors (Lipinski definition) is 2. The van der Waals surface area contributed by atoms with Crippen molar-refractivity contribution in [2.75, 3.05) is 12.3 Å². The van der Waals surface area contributed by atoms with Gasteiger partial charge in [-0.2, -0.15) is 0 Å². The number of rotatable bonds is 8. The Bertz CT molecular complexity index is 454. The van der Waals surface area contributed by atoms with Crippen molar-refractivity contribution in [3.05, 3.63) is 21.9 Å². The summed E-state index contributed by atoms with van der Waals surface area (Å²) in [6, 6.07) is 4.05. The number of sulfonamides is 1. The number of nitrogens with two attached hydrogens (primary N) is 1. The first-order valence-corrected chi connectivity index (χ1v) is 8.65. The van der Waals surface area contributed by atoms with Crippen LogP contribution < -0.4 is 10.5 Å². The molecule has 1 rings (SSSR count). The van der Waals surface area contributed by atoms with Crippen LogP contribution in [0.3, 0.4) is 0 Å². The van der Waals surface area contributed by atoms with Crippen LogP contribution >= 0.6 is 11.3 Å². The lowest BCUT2D eigenvalue weighted by Crippen LogP contribution is -2.35. The van der Waals surface area contributed by atoms with Crippen molar-refractivity contribution >= 4 is 21.4 Å². The largest absolute Gasteiger partial charge is 0.330 e. The Morgan fingerprint density at radius 2 is 2.11 bits per heavy atom. The van der Waals surface area contributed by atoms with Crippen LogP contribution in [0.5, 0.6) is 0 Å². The zero-order valence-electron chi connectivity index (χ0n) is 11.0. The van der Waals surface area contributed by atoms with Gasteiger partial charge in [-0.05, 0) is 51.8 Å². The summed E-state index contributed by atoms with van der Waals surface area (Å²) in [6.45, 7) is 4.49. The van der Waals surface area contributed by atoms with Crippen LogP contribution in [0.15, 0.2) is 12.1 Å². The molecule has 1 aromatic heterocycles. The molecule has 1 atom stereocenters. The third kappa shape index (κ3) is 5.95. The molecule has 0 bridgehead atoms. The van der Waals surface area contributed by atoms with Crippen molar-refractivity contribution < 1.29 is 8.42 Å². The molecule has 0 spiro atoms. The molecule has 1 unspecified atom stereocenters. The van der Waals surface area contributed by atoms with E-state index in [1.165, 1.54) is 9.75 Å². The average molecular weight is 290 g/mol. The van der Waals surface area contributed by atoms with Crippen molar-refractivity contribution in [1.82, 2.24) is 4.72 Å². The third-order valence-corrected chi connectivity index (χ3v) is 5.16. The van der Waals surface area contributed by atoms with E-state index in [9.17, 15) is 8.42 Å². The number of thiophene rings is 1. The SMILES string of the molecule is Cc1ccc(CC(C)NS(=O)(=O)CCCCN)s1. The third-order valence-electron chi connectivity index (χ3n) is 2.55. The predicted octanol–water partition coefficient (Wildman–Crippen LogP) is 1.65. The summed E-state index contributed by atoms with van der Waals surface area (Å²) in [7, 11) is -3.17. The van der Waals surface area contributed by atoms with E-state index in [2.05, 4.69) is 23.8 Å². The van der Waals surface area contributed by atoms with Gasteiger partial charge in [0.25, 0.3) is 0 Å². The molecule has 0 amide bonds. The molecule has 0 saturated heterocycles. The Balaban J connectivity index is 2.41. The van der Waals surface area contributed by atoms with Gasteiger partial charge in [-0.15, -0.1) is 11.3 Å². The lowest BCUT2D eigenvalue weighted by atomic mass is 10.2. The zero-order chi connectivity index (χ0) is 13.6. The van der Waals surface area contributed by atoms with Gasteiger partial charge in [-0.3, -0.25) is 0 Å². The normalized spacial score (nSPS) is 13.7. The molecule has 1 heterocycles. The van der Waals surface area contributed by atoms with Gasteiger partial charge in [0.2, 0.25) is 10.0 Å². The van der Waals surface area contributed by atoms with Crippen molar-refractivity contribution in [2.45, 2.75) is 39.2 Å². The average Bonchev–Trinajstić information content (AvgIpc) is 2.63. The van der Waals surface area contributed by atoms with Crippen LogP contribution in [0, 0.1) is 6.92 Å². The van der Waals surface area contributed by atoms with E-state index in [4.69, 9.17) is 5.73 Å². The van der Waals surface area contributed by atoms with E-state index in [0.29, 0.717) is 13.0 Å². The summed E-state index contributed by atoms with van der Waals surface area (Å²) in [6.07, 6.45) is 2.12. The van der Waals surface area contributed by atoms with Gasteiger partial charge >= 0.3 is 0 Å². The minimum atomic E-state index is -3.17. The van der Waals surface area contributed by atoms with Crippen molar-refractivity contribution in [3.8, 4) is 0 Å². The van der Waals surface area contributed by atoms with E-state index < -0.39 is 10.0 Å². The molecular weight excluding hydrogens is 268 g/mol. The fourth-order valence-corrected chi connectivity index (χ4v) is 4.16. The quantitative estimate of drug-likeness (QED) is 0.715. The minimum Gasteiger partial charge on any atom is -0.330 e. The highest BCUT2D eigenvalue weighted by Gasteiger charge is 2.14. The molecule has 3 N–H and O–H groups in total. The van der Waals surface area contributed by atoms with E-state index in [0.717, 1.165) is 12.8 Å². The fourth-order valence-electron chi connectivity index (χ4n) is 1.74. The summed E-state index contributed by atoms with van der Waals surface area (Å²) >= 11 is 1.71. The number of unbranched alkanes of at least 4 members (excludes halogenated alkanes) is 1. The monoisotopic (exact) mass is 290 g/mol. The van der Waals surface area contributed by atoms with Gasteiger partial charge < -0.3 is 5.73 Å². The van der Waals surface area contributed by atoms with Crippen LogP contribution in [0.1, 0.15) is 29.5 Å². The summed E-state index contributed by atoms with van der Waals surface area (Å²) in [5.74, 6) is 0.165. The second kappa shape index (κ2) is 7.23. The van der Waals surface area contributed by atoms with Gasteiger partial charge in [0.15, 0.2) is 0 Å². The zero-order valence-corrected chi connectivity index (χ0v) is 12.6. The highest BCUT2D eigenvalue weighted by molar-refractivity contribution is 7.89. The summed E-state index contributed by atoms with van der Waals surface area (Å²) < 4.78 is 26.2. The lowest BCUT2D eigenvalue weighted by molar-refractivity contribution is 0.557. The molecule has 1 aromatic rings. The molecule has 6 heteroatoms. The Hall–Kier alpha value is -0.430. The van der Waals surface area contributed by atoms with E-state index in [1.807, 2.05) is 6.92 Å². The molecule has 0 aliphatic rings. The first-order valence-electron chi connectivity index (χ1n) is 6.18. The van der Waals surface area contributed by atoms with Gasteiger partial charge in [0.1, 0.15) is 0 Å². The second-order valence-corrected chi connectivity index (χ2v) is 7.80. The number of aryl methyl sites for hydroxylation is 1. The van der Waals surface area contributed by atoms with Crippen LogP contribution in [0.25, 0.3) is 0 Å². The smallest absolute Gasteiger partial charge is 0.211 e. The van der Waals surface area contributed by atoms with E-state index in [-0.39, 0.29) is 11.8 Å². The van der Waals surface area contributed by atoms with Crippen LogP contribution in [0.4, 0.5) is 0 Å². The van der Waals surface area contributed by atoms with Crippen LogP contribution in [-0.2, 0) is 16.4 Å². The van der Waals surface area contributed by atoms with E-state index >= 15 is 0 Å². The van der Waals surface area contributed by atoms with Gasteiger partial charge in [-0.25, -0.2) is 13.1 Å². The molecule has 4 nitrogen and oxygen atoms in total. The maximum absolute atomic E-state index is 11.8. The predicted molar refractivity (Wildman–Crippen MR) is 77.4 cm³/mol. The summed E-state index contributed by atoms with van der Waals surface area (Å²) in [5.41, 5.74) is 5.35. The van der Waals surface area contributed by atoms with Gasteiger partial charge in [0, 0.05) is 15.8 Å². The Labute approximate surface area is 114 Å². The molecule has 0 saturated carbocycles. The Kier molecular flexibility index (Phi) is 6.28. The first-order chi connectivity index (χ1) is 8.43. The number of nitrogens with one attached hydrogen (secondary N) is 1. The standard InChI is InChI=1S/C12H22N2O2S2/c1-10(9-12-6-5-11(2)17-12)14-18(15,16)8-4-3-7-13/h5-6,10,14H,3-4,7-9,13H2,1-2H3. The minimum absolute atomic E-state index is 0.0640. The Morgan fingerprint density at radius 3 is 2.67 bits per heavy atom. The topological polar surface area (TPSA) is 72.2 Å². The highest BCUT2D eigenvalue weighted by Crippen LogP contribution is 2.16. The number of hydrogen-bond acceptors (Lipinski definition) is 4. The molecule has 0 aliphatic heterocycles. The summed E-state index contributed by atoms with van der Waals surface area (Å²) in [4.78, 5) is 2.47. The van der Waals surface area contributed by atoms with Gasteiger partial charge in [0.05, 0.1) is 5.75 Å². The van der Waals surface area contributed by atoms with Crippen LogP contribution in [0.2, 0.25) is 0 Å². The second-order valence-electron chi connectivity index (χ2n) is 4.55.